The quantitative estimate of drug-likeness (QED) is 0.649. The van der Waals surface area contributed by atoms with Crippen LogP contribution in [0.1, 0.15) is 16.2 Å². The minimum Gasteiger partial charge on any atom is -0.348 e. The SMILES string of the molecule is Cc1[nH]cnc1C(=O)N1CCNCC1. The van der Waals surface area contributed by atoms with Crippen molar-refractivity contribution in [3.05, 3.63) is 17.7 Å². The van der Waals surface area contributed by atoms with Crippen molar-refractivity contribution in [1.82, 2.24) is 20.2 Å². The summed E-state index contributed by atoms with van der Waals surface area (Å²) in [7, 11) is 0. The zero-order valence-electron chi connectivity index (χ0n) is 8.21. The van der Waals surface area contributed by atoms with E-state index < -0.39 is 0 Å². The highest BCUT2D eigenvalue weighted by Crippen LogP contribution is 2.06. The van der Waals surface area contributed by atoms with E-state index in [1.807, 2.05) is 11.8 Å². The van der Waals surface area contributed by atoms with Crippen LogP contribution in [-0.4, -0.2) is 47.0 Å². The van der Waals surface area contributed by atoms with Crippen LogP contribution >= 0.6 is 0 Å². The molecule has 14 heavy (non-hydrogen) atoms. The summed E-state index contributed by atoms with van der Waals surface area (Å²) in [6.45, 7) is 5.14. The number of aromatic amines is 1. The molecular weight excluding hydrogens is 180 g/mol. The highest BCUT2D eigenvalue weighted by molar-refractivity contribution is 5.93. The predicted molar refractivity (Wildman–Crippen MR) is 52.1 cm³/mol. The van der Waals surface area contributed by atoms with Crippen LogP contribution in [0.4, 0.5) is 0 Å². The Morgan fingerprint density at radius 1 is 1.50 bits per heavy atom. The Bertz CT molecular complexity index is 327. The molecule has 1 aliphatic rings. The average molecular weight is 194 g/mol. The van der Waals surface area contributed by atoms with Crippen molar-refractivity contribution < 1.29 is 4.79 Å². The molecule has 5 nitrogen and oxygen atoms in total. The molecule has 2 heterocycles. The number of amides is 1. The third-order valence-electron chi connectivity index (χ3n) is 2.44. The van der Waals surface area contributed by atoms with Crippen LogP contribution in [-0.2, 0) is 0 Å². The number of aromatic nitrogens is 2. The maximum absolute atomic E-state index is 11.9. The monoisotopic (exact) mass is 194 g/mol. The van der Waals surface area contributed by atoms with Gasteiger partial charge in [-0.15, -0.1) is 0 Å². The molecule has 2 rings (SSSR count). The number of hydrogen-bond acceptors (Lipinski definition) is 3. The van der Waals surface area contributed by atoms with Crippen molar-refractivity contribution in [3.8, 4) is 0 Å². The molecule has 2 N–H and O–H groups in total. The zero-order valence-corrected chi connectivity index (χ0v) is 8.21. The lowest BCUT2D eigenvalue weighted by atomic mass is 10.2. The average Bonchev–Trinajstić information content (AvgIpc) is 2.65. The summed E-state index contributed by atoms with van der Waals surface area (Å²) in [5, 5.41) is 3.21. The van der Waals surface area contributed by atoms with E-state index in [1.165, 1.54) is 0 Å². The lowest BCUT2D eigenvalue weighted by Crippen LogP contribution is -2.46. The largest absolute Gasteiger partial charge is 0.348 e. The highest BCUT2D eigenvalue weighted by atomic mass is 16.2. The standard InChI is InChI=1S/C9H14N4O/c1-7-8(12-6-11-7)9(14)13-4-2-10-3-5-13/h6,10H,2-5H2,1H3,(H,11,12). The first-order valence-corrected chi connectivity index (χ1v) is 4.79. The van der Waals surface area contributed by atoms with E-state index in [2.05, 4.69) is 15.3 Å². The molecule has 0 spiro atoms. The summed E-state index contributed by atoms with van der Waals surface area (Å²) in [5.41, 5.74) is 1.39. The van der Waals surface area contributed by atoms with Crippen LogP contribution in [0, 0.1) is 6.92 Å². The van der Waals surface area contributed by atoms with E-state index in [9.17, 15) is 4.79 Å². The molecule has 0 unspecified atom stereocenters. The highest BCUT2D eigenvalue weighted by Gasteiger charge is 2.20. The van der Waals surface area contributed by atoms with Gasteiger partial charge in [-0.25, -0.2) is 4.98 Å². The van der Waals surface area contributed by atoms with E-state index in [0.717, 1.165) is 31.9 Å². The Balaban J connectivity index is 2.11. The summed E-state index contributed by atoms with van der Waals surface area (Å²) in [6.07, 6.45) is 1.56. The van der Waals surface area contributed by atoms with Gasteiger partial charge in [-0.05, 0) is 6.92 Å². The number of imidazole rings is 1. The Hall–Kier alpha value is -1.36. The third-order valence-corrected chi connectivity index (χ3v) is 2.44. The molecule has 1 amide bonds. The van der Waals surface area contributed by atoms with Crippen LogP contribution in [0.15, 0.2) is 6.33 Å². The van der Waals surface area contributed by atoms with Crippen molar-refractivity contribution in [2.75, 3.05) is 26.2 Å². The zero-order chi connectivity index (χ0) is 9.97. The molecular formula is C9H14N4O. The van der Waals surface area contributed by atoms with Crippen molar-refractivity contribution in [2.24, 2.45) is 0 Å². The number of nitrogens with zero attached hydrogens (tertiary/aromatic N) is 2. The Morgan fingerprint density at radius 3 is 2.79 bits per heavy atom. The number of carbonyl (C=O) groups is 1. The predicted octanol–water partition coefficient (Wildman–Crippen LogP) is -0.236. The van der Waals surface area contributed by atoms with Gasteiger partial charge >= 0.3 is 0 Å². The van der Waals surface area contributed by atoms with Gasteiger partial charge in [0.15, 0.2) is 0 Å². The number of carbonyl (C=O) groups excluding carboxylic acids is 1. The van der Waals surface area contributed by atoms with Gasteiger partial charge in [0.25, 0.3) is 5.91 Å². The molecule has 1 aliphatic heterocycles. The Morgan fingerprint density at radius 2 is 2.21 bits per heavy atom. The molecule has 0 aromatic carbocycles. The lowest BCUT2D eigenvalue weighted by Gasteiger charge is -2.26. The number of nitrogens with one attached hydrogen (secondary N) is 2. The summed E-state index contributed by atoms with van der Waals surface area (Å²) in [4.78, 5) is 20.7. The maximum atomic E-state index is 11.9. The fourth-order valence-electron chi connectivity index (χ4n) is 1.59. The summed E-state index contributed by atoms with van der Waals surface area (Å²) >= 11 is 0. The van der Waals surface area contributed by atoms with E-state index in [1.54, 1.807) is 6.33 Å². The van der Waals surface area contributed by atoms with Crippen LogP contribution in [0.3, 0.4) is 0 Å². The van der Waals surface area contributed by atoms with Crippen LogP contribution in [0.5, 0.6) is 0 Å². The minimum absolute atomic E-state index is 0.0326. The van der Waals surface area contributed by atoms with Gasteiger partial charge in [0.2, 0.25) is 0 Å². The van der Waals surface area contributed by atoms with Crippen molar-refractivity contribution in [2.45, 2.75) is 6.92 Å². The van der Waals surface area contributed by atoms with E-state index in [-0.39, 0.29) is 5.91 Å². The molecule has 0 aliphatic carbocycles. The van der Waals surface area contributed by atoms with Gasteiger partial charge < -0.3 is 15.2 Å². The number of hydrogen-bond donors (Lipinski definition) is 2. The Labute approximate surface area is 82.5 Å². The van der Waals surface area contributed by atoms with Crippen LogP contribution in [0.2, 0.25) is 0 Å². The van der Waals surface area contributed by atoms with Gasteiger partial charge in [0, 0.05) is 31.9 Å². The van der Waals surface area contributed by atoms with Crippen LogP contribution < -0.4 is 5.32 Å². The topological polar surface area (TPSA) is 61.0 Å². The third kappa shape index (κ3) is 1.63. The Kier molecular flexibility index (Phi) is 2.49. The lowest BCUT2D eigenvalue weighted by molar-refractivity contribution is 0.0729. The number of aryl methyl sites for hydroxylation is 1. The molecule has 0 saturated carbocycles. The van der Waals surface area contributed by atoms with E-state index in [0.29, 0.717) is 5.69 Å². The molecule has 5 heteroatoms. The fraction of sp³-hybridized carbons (Fsp3) is 0.556. The second-order valence-corrected chi connectivity index (χ2v) is 3.42. The minimum atomic E-state index is 0.0326. The first-order chi connectivity index (χ1) is 6.79. The second-order valence-electron chi connectivity index (χ2n) is 3.42. The van der Waals surface area contributed by atoms with E-state index in [4.69, 9.17) is 0 Å². The normalized spacial score (nSPS) is 17.1. The smallest absolute Gasteiger partial charge is 0.274 e. The summed E-state index contributed by atoms with van der Waals surface area (Å²) < 4.78 is 0. The first kappa shape index (κ1) is 9.21. The maximum Gasteiger partial charge on any atom is 0.274 e. The van der Waals surface area contributed by atoms with Gasteiger partial charge in [-0.3, -0.25) is 4.79 Å². The molecule has 76 valence electrons. The molecule has 0 atom stereocenters. The molecule has 1 aromatic rings. The van der Waals surface area contributed by atoms with E-state index >= 15 is 0 Å². The first-order valence-electron chi connectivity index (χ1n) is 4.79. The van der Waals surface area contributed by atoms with Gasteiger partial charge in [-0.2, -0.15) is 0 Å². The molecule has 1 aromatic heterocycles. The molecule has 1 fully saturated rings. The molecule has 0 bridgehead atoms. The van der Waals surface area contributed by atoms with Crippen molar-refractivity contribution >= 4 is 5.91 Å². The fourth-order valence-corrected chi connectivity index (χ4v) is 1.59. The van der Waals surface area contributed by atoms with Gasteiger partial charge in [0.1, 0.15) is 5.69 Å². The van der Waals surface area contributed by atoms with Crippen molar-refractivity contribution in [3.63, 3.8) is 0 Å². The van der Waals surface area contributed by atoms with Crippen LogP contribution in [0.25, 0.3) is 0 Å². The van der Waals surface area contributed by atoms with Crippen molar-refractivity contribution in [1.29, 1.82) is 0 Å². The second kappa shape index (κ2) is 3.79. The summed E-state index contributed by atoms with van der Waals surface area (Å²) in [5.74, 6) is 0.0326. The number of rotatable bonds is 1. The number of H-pyrrole nitrogens is 1. The van der Waals surface area contributed by atoms with Gasteiger partial charge in [-0.1, -0.05) is 0 Å². The molecule has 0 radical (unpaired) electrons. The molecule has 1 saturated heterocycles. The summed E-state index contributed by atoms with van der Waals surface area (Å²) in [6, 6.07) is 0. The number of piperazine rings is 1. The van der Waals surface area contributed by atoms with Gasteiger partial charge in [0.05, 0.1) is 6.33 Å².